The van der Waals surface area contributed by atoms with Crippen molar-refractivity contribution in [3.05, 3.63) is 52.5 Å². The molecule has 4 rings (SSSR count). The number of hydrogen-bond donors (Lipinski definition) is 1. The van der Waals surface area contributed by atoms with E-state index in [1.165, 1.54) is 15.3 Å². The molecule has 2 heterocycles. The topological polar surface area (TPSA) is 86.8 Å². The largest absolute Gasteiger partial charge is 0.324 e. The Morgan fingerprint density at radius 1 is 1.07 bits per heavy atom. The molecule has 0 bridgehead atoms. The summed E-state index contributed by atoms with van der Waals surface area (Å²) in [6, 6.07) is 12.0. The number of rotatable bonds is 5. The lowest BCUT2D eigenvalue weighted by Crippen LogP contribution is -2.41. The fourth-order valence-electron chi connectivity index (χ4n) is 3.86. The number of sulfonamides is 1. The predicted octanol–water partition coefficient (Wildman–Crippen LogP) is 3.15. The molecule has 158 valence electrons. The van der Waals surface area contributed by atoms with Crippen molar-refractivity contribution in [2.75, 3.05) is 29.9 Å². The van der Waals surface area contributed by atoms with Gasteiger partial charge in [0.25, 0.3) is 0 Å². The van der Waals surface area contributed by atoms with Crippen LogP contribution in [0.5, 0.6) is 0 Å². The van der Waals surface area contributed by atoms with Crippen molar-refractivity contribution in [1.29, 1.82) is 0 Å². The summed E-state index contributed by atoms with van der Waals surface area (Å²) in [6.07, 6.45) is 2.45. The molecule has 2 aromatic carbocycles. The number of benzene rings is 2. The monoisotopic (exact) mass is 491 g/mol. The van der Waals surface area contributed by atoms with E-state index in [4.69, 9.17) is 0 Å². The molecular formula is C21H22BrN3O4S. The van der Waals surface area contributed by atoms with Crippen molar-refractivity contribution in [3.63, 3.8) is 0 Å². The van der Waals surface area contributed by atoms with Crippen molar-refractivity contribution in [2.45, 2.75) is 30.6 Å². The minimum absolute atomic E-state index is 0.128. The van der Waals surface area contributed by atoms with Crippen molar-refractivity contribution in [3.8, 4) is 0 Å². The van der Waals surface area contributed by atoms with Gasteiger partial charge in [0.05, 0.1) is 4.90 Å². The first-order valence-electron chi connectivity index (χ1n) is 9.83. The van der Waals surface area contributed by atoms with E-state index < -0.39 is 10.0 Å². The fraction of sp³-hybridized carbons (Fsp3) is 0.333. The van der Waals surface area contributed by atoms with Gasteiger partial charge in [-0.25, -0.2) is 8.42 Å². The van der Waals surface area contributed by atoms with Crippen LogP contribution in [-0.4, -0.2) is 44.2 Å². The van der Waals surface area contributed by atoms with Gasteiger partial charge in [0.1, 0.15) is 6.54 Å². The number of hydrogen-bond acceptors (Lipinski definition) is 4. The summed E-state index contributed by atoms with van der Waals surface area (Å²) < 4.78 is 28.0. The molecule has 0 aromatic heterocycles. The van der Waals surface area contributed by atoms with Crippen LogP contribution in [0.1, 0.15) is 24.8 Å². The number of amides is 2. The molecule has 2 aliphatic rings. The van der Waals surface area contributed by atoms with Crippen LogP contribution in [-0.2, 0) is 26.0 Å². The van der Waals surface area contributed by atoms with Crippen molar-refractivity contribution < 1.29 is 18.0 Å². The van der Waals surface area contributed by atoms with E-state index in [0.717, 1.165) is 22.9 Å². The zero-order chi connectivity index (χ0) is 21.3. The maximum absolute atomic E-state index is 12.9. The van der Waals surface area contributed by atoms with Gasteiger partial charge in [0.2, 0.25) is 21.8 Å². The van der Waals surface area contributed by atoms with Gasteiger partial charge in [-0.1, -0.05) is 22.0 Å². The van der Waals surface area contributed by atoms with E-state index in [-0.39, 0.29) is 29.7 Å². The van der Waals surface area contributed by atoms with Crippen LogP contribution in [0.4, 0.5) is 11.4 Å². The van der Waals surface area contributed by atoms with Crippen LogP contribution >= 0.6 is 15.9 Å². The minimum Gasteiger partial charge on any atom is -0.324 e. The number of aryl methyl sites for hydroxylation is 1. The summed E-state index contributed by atoms with van der Waals surface area (Å²) in [5.41, 5.74) is 1.99. The number of anilines is 2. The number of nitrogens with one attached hydrogen (secondary N) is 1. The summed E-state index contributed by atoms with van der Waals surface area (Å²) in [7, 11) is -3.52. The molecule has 2 aliphatic heterocycles. The molecule has 1 saturated heterocycles. The maximum Gasteiger partial charge on any atom is 0.244 e. The molecule has 2 aromatic rings. The average molecular weight is 492 g/mol. The second-order valence-electron chi connectivity index (χ2n) is 7.44. The Labute approximate surface area is 184 Å². The number of fused-ring (bicyclic) bond motifs is 1. The Morgan fingerprint density at radius 2 is 1.83 bits per heavy atom. The van der Waals surface area contributed by atoms with E-state index in [9.17, 15) is 18.0 Å². The molecule has 7 nitrogen and oxygen atoms in total. The third-order valence-electron chi connectivity index (χ3n) is 5.36. The molecule has 0 unspecified atom stereocenters. The quantitative estimate of drug-likeness (QED) is 0.695. The fourth-order valence-corrected chi connectivity index (χ4v) is 5.83. The van der Waals surface area contributed by atoms with Gasteiger partial charge < -0.3 is 10.2 Å². The Bertz CT molecular complexity index is 1100. The number of carbonyl (C=O) groups excluding carboxylic acids is 2. The summed E-state index contributed by atoms with van der Waals surface area (Å²) in [5.74, 6) is -0.467. The van der Waals surface area contributed by atoms with Crippen molar-refractivity contribution in [2.24, 2.45) is 0 Å². The molecule has 0 saturated carbocycles. The van der Waals surface area contributed by atoms with E-state index in [1.54, 1.807) is 24.3 Å². The van der Waals surface area contributed by atoms with Gasteiger partial charge in [-0.3, -0.25) is 9.59 Å². The van der Waals surface area contributed by atoms with E-state index >= 15 is 0 Å². The molecule has 2 amide bonds. The molecule has 1 fully saturated rings. The van der Waals surface area contributed by atoms with Gasteiger partial charge in [-0.15, -0.1) is 0 Å². The summed E-state index contributed by atoms with van der Waals surface area (Å²) in [6.45, 7) is 0.955. The number of nitrogens with zero attached hydrogens (tertiary/aromatic N) is 2. The lowest BCUT2D eigenvalue weighted by molar-refractivity contribution is -0.121. The van der Waals surface area contributed by atoms with Crippen LogP contribution in [0.15, 0.2) is 51.8 Å². The molecule has 9 heteroatoms. The molecular weight excluding hydrogens is 470 g/mol. The van der Waals surface area contributed by atoms with Gasteiger partial charge in [0.15, 0.2) is 0 Å². The highest BCUT2D eigenvalue weighted by Crippen LogP contribution is 2.31. The third-order valence-corrected chi connectivity index (χ3v) is 7.75. The minimum atomic E-state index is -3.52. The van der Waals surface area contributed by atoms with Gasteiger partial charge in [-0.2, -0.15) is 4.31 Å². The Morgan fingerprint density at radius 3 is 2.57 bits per heavy atom. The Hall–Kier alpha value is -2.23. The van der Waals surface area contributed by atoms with Crippen molar-refractivity contribution >= 4 is 49.1 Å². The molecule has 0 radical (unpaired) electrons. The standard InChI is InChI=1S/C21H22BrN3O4S/c22-16-4-3-5-17(13-16)23-20(26)14-25-19-8-7-18(12-15(19)6-9-21(25)27)30(28,29)24-10-1-2-11-24/h3-5,7-8,12-13H,1-2,6,9-11,14H2,(H,23,26). The van der Waals surface area contributed by atoms with Crippen LogP contribution in [0.2, 0.25) is 0 Å². The first kappa shape index (κ1) is 21.0. The number of halogens is 1. The zero-order valence-electron chi connectivity index (χ0n) is 16.3. The molecule has 0 atom stereocenters. The lowest BCUT2D eigenvalue weighted by Gasteiger charge is -2.29. The third kappa shape index (κ3) is 4.28. The lowest BCUT2D eigenvalue weighted by atomic mass is 10.0. The van der Waals surface area contributed by atoms with Crippen molar-refractivity contribution in [1.82, 2.24) is 4.31 Å². The first-order valence-corrected chi connectivity index (χ1v) is 12.1. The highest BCUT2D eigenvalue weighted by molar-refractivity contribution is 9.10. The van der Waals surface area contributed by atoms with Crippen LogP contribution in [0, 0.1) is 0 Å². The van der Waals surface area contributed by atoms with E-state index in [2.05, 4.69) is 21.2 Å². The van der Waals surface area contributed by atoms with E-state index in [1.807, 2.05) is 12.1 Å². The smallest absolute Gasteiger partial charge is 0.244 e. The predicted molar refractivity (Wildman–Crippen MR) is 118 cm³/mol. The second-order valence-corrected chi connectivity index (χ2v) is 10.3. The maximum atomic E-state index is 12.9. The molecule has 1 N–H and O–H groups in total. The van der Waals surface area contributed by atoms with E-state index in [0.29, 0.717) is 30.9 Å². The Balaban J connectivity index is 1.55. The highest BCUT2D eigenvalue weighted by Gasteiger charge is 2.31. The normalized spacial score (nSPS) is 17.1. The number of carbonyl (C=O) groups is 2. The van der Waals surface area contributed by atoms with Gasteiger partial charge in [-0.05, 0) is 61.2 Å². The zero-order valence-corrected chi connectivity index (χ0v) is 18.7. The molecule has 30 heavy (non-hydrogen) atoms. The molecule has 0 aliphatic carbocycles. The van der Waals surface area contributed by atoms with Crippen LogP contribution < -0.4 is 10.2 Å². The first-order chi connectivity index (χ1) is 14.3. The van der Waals surface area contributed by atoms with Gasteiger partial charge >= 0.3 is 0 Å². The SMILES string of the molecule is O=C(CN1C(=O)CCc2cc(S(=O)(=O)N3CCCC3)ccc21)Nc1cccc(Br)c1. The molecule has 0 spiro atoms. The second kappa shape index (κ2) is 8.49. The summed E-state index contributed by atoms with van der Waals surface area (Å²) in [5, 5.41) is 2.79. The van der Waals surface area contributed by atoms with Gasteiger partial charge in [0, 0.05) is 35.4 Å². The van der Waals surface area contributed by atoms with Crippen LogP contribution in [0.25, 0.3) is 0 Å². The highest BCUT2D eigenvalue weighted by atomic mass is 79.9. The Kier molecular flexibility index (Phi) is 5.95. The average Bonchev–Trinajstić information content (AvgIpc) is 3.25. The summed E-state index contributed by atoms with van der Waals surface area (Å²) >= 11 is 3.36. The van der Waals surface area contributed by atoms with Crippen LogP contribution in [0.3, 0.4) is 0 Å². The summed E-state index contributed by atoms with van der Waals surface area (Å²) in [4.78, 5) is 26.7.